The number of hydrogen-bond donors (Lipinski definition) is 7. The summed E-state index contributed by atoms with van der Waals surface area (Å²) in [5, 5.41) is 21.0. The smallest absolute Gasteiger partial charge is 0.335 e. The number of nitrogens with two attached hydrogens (primary N) is 2. The van der Waals surface area contributed by atoms with Crippen molar-refractivity contribution >= 4 is 71.0 Å². The van der Waals surface area contributed by atoms with Crippen LogP contribution in [-0.2, 0) is 31.5 Å². The molecule has 1 amide bonds. The fraction of sp³-hybridized carbons (Fsp3) is 0.341. The number of carboxylic acid groups (broad SMARTS) is 2. The number of nitrogen functional groups attached to an aromatic ring is 2. The number of carbonyl (C=O) groups is 3. The van der Waals surface area contributed by atoms with Crippen LogP contribution in [0.3, 0.4) is 0 Å². The van der Waals surface area contributed by atoms with E-state index in [0.717, 1.165) is 11.4 Å². The standard InChI is InChI=1S/C24H32N7O7P.C15H14N6O3.C2H6/c1-4-37-39(36,38-5-2)12-6-7-18(23(34)35)28-21(32)15-8-10-17(11-9-15)31(3)14-16-13-26-20-19(27-16)22(33)30-24(25)29-20;1-21(10-4-2-8(3-5-10)14(23)24)7-9-6-17-12-11(18-9)13(22)20-15(16)19-12;1-2/h8-11,13,18H,4-7,12,14H2,1-3H3,(H,28,32)(H,34,35)(H3,25,26,29,30,33);2-6H,7H2,1H3,(H,23,24)(H3,16,17,19,20,22);1-2H3/t18-;;/m0../s1. The highest BCUT2D eigenvalue weighted by molar-refractivity contribution is 7.53. The molecular formula is C41H52N13O10P. The number of nitrogens with zero attached hydrogens (tertiary/aromatic N) is 8. The fourth-order valence-corrected chi connectivity index (χ4v) is 7.73. The summed E-state index contributed by atoms with van der Waals surface area (Å²) in [6, 6.07) is 11.8. The maximum absolute atomic E-state index is 12.7. The lowest BCUT2D eigenvalue weighted by molar-refractivity contribution is -0.139. The van der Waals surface area contributed by atoms with Gasteiger partial charge in [0, 0.05) is 31.0 Å². The van der Waals surface area contributed by atoms with E-state index in [1.165, 1.54) is 24.5 Å². The van der Waals surface area contributed by atoms with E-state index in [2.05, 4.69) is 45.2 Å². The van der Waals surface area contributed by atoms with Gasteiger partial charge in [0.25, 0.3) is 17.0 Å². The van der Waals surface area contributed by atoms with Crippen molar-refractivity contribution in [2.75, 3.05) is 54.7 Å². The van der Waals surface area contributed by atoms with Crippen molar-refractivity contribution in [2.45, 2.75) is 59.7 Å². The van der Waals surface area contributed by atoms with Crippen LogP contribution in [0.5, 0.6) is 0 Å². The molecule has 6 rings (SSSR count). The highest BCUT2D eigenvalue weighted by Gasteiger charge is 2.26. The predicted octanol–water partition coefficient (Wildman–Crippen LogP) is 3.82. The molecule has 0 radical (unpaired) electrons. The van der Waals surface area contributed by atoms with Crippen LogP contribution in [0.25, 0.3) is 22.3 Å². The Kier molecular flexibility index (Phi) is 18.1. The highest BCUT2D eigenvalue weighted by atomic mass is 31.2. The molecule has 0 saturated heterocycles. The second kappa shape index (κ2) is 23.4. The first-order valence-corrected chi connectivity index (χ1v) is 22.0. The topological polar surface area (TPSA) is 341 Å². The monoisotopic (exact) mass is 917 g/mol. The summed E-state index contributed by atoms with van der Waals surface area (Å²) in [4.78, 5) is 92.4. The molecule has 0 aliphatic rings. The SMILES string of the molecule is CC.CCOP(=O)(CCC[C@H](NC(=O)c1ccc(N(C)Cc2cnc3nc(N)[nH]c(=O)c3n2)cc1)C(=O)O)OCC.CN(Cc1cnc2nc(N)[nH]c(=O)c2n1)c1ccc(C(=O)O)cc1. The van der Waals surface area contributed by atoms with Gasteiger partial charge in [0.2, 0.25) is 11.9 Å². The van der Waals surface area contributed by atoms with Crippen LogP contribution in [0.1, 0.15) is 72.6 Å². The molecule has 0 aliphatic heterocycles. The van der Waals surface area contributed by atoms with Crippen LogP contribution in [0, 0.1) is 0 Å². The molecule has 0 saturated carbocycles. The van der Waals surface area contributed by atoms with Crippen molar-refractivity contribution in [1.29, 1.82) is 0 Å². The van der Waals surface area contributed by atoms with Gasteiger partial charge in [0.1, 0.15) is 6.04 Å². The van der Waals surface area contributed by atoms with E-state index in [4.69, 9.17) is 25.6 Å². The minimum absolute atomic E-state index is 0.00908. The first kappa shape index (κ1) is 50.3. The minimum Gasteiger partial charge on any atom is -0.480 e. The number of fused-ring (bicyclic) bond motifs is 2. The number of aromatic carboxylic acids is 1. The molecule has 9 N–H and O–H groups in total. The van der Waals surface area contributed by atoms with Gasteiger partial charge in [-0.2, -0.15) is 9.97 Å². The van der Waals surface area contributed by atoms with Crippen LogP contribution < -0.4 is 37.7 Å². The van der Waals surface area contributed by atoms with E-state index in [1.54, 1.807) is 57.3 Å². The molecule has 0 spiro atoms. The average Bonchev–Trinajstić information content (AvgIpc) is 3.27. The molecular weight excluding hydrogens is 866 g/mol. The number of hydrogen-bond acceptors (Lipinski definition) is 18. The van der Waals surface area contributed by atoms with E-state index >= 15 is 0 Å². The van der Waals surface area contributed by atoms with E-state index in [-0.39, 0.29) is 77.6 Å². The van der Waals surface area contributed by atoms with Gasteiger partial charge in [0.05, 0.1) is 61.8 Å². The van der Waals surface area contributed by atoms with Gasteiger partial charge in [-0.15, -0.1) is 0 Å². The molecule has 1 atom stereocenters. The van der Waals surface area contributed by atoms with Gasteiger partial charge in [-0.3, -0.25) is 28.9 Å². The normalized spacial score (nSPS) is 11.4. The summed E-state index contributed by atoms with van der Waals surface area (Å²) < 4.78 is 23.0. The van der Waals surface area contributed by atoms with Crippen LogP contribution in [0.15, 0.2) is 70.5 Å². The third kappa shape index (κ3) is 14.1. The summed E-state index contributed by atoms with van der Waals surface area (Å²) in [6.07, 6.45) is 3.36. The van der Waals surface area contributed by atoms with Gasteiger partial charge in [-0.1, -0.05) is 13.8 Å². The van der Waals surface area contributed by atoms with Crippen LogP contribution in [0.2, 0.25) is 0 Å². The number of carbonyl (C=O) groups excluding carboxylic acids is 1. The number of amides is 1. The van der Waals surface area contributed by atoms with Crippen molar-refractivity contribution in [3.8, 4) is 0 Å². The quantitative estimate of drug-likeness (QED) is 0.0602. The van der Waals surface area contributed by atoms with Gasteiger partial charge in [-0.25, -0.2) is 29.5 Å². The molecule has 23 nitrogen and oxygen atoms in total. The molecule has 0 aliphatic carbocycles. The van der Waals surface area contributed by atoms with Crippen molar-refractivity contribution in [3.05, 3.63) is 104 Å². The Balaban J connectivity index is 0.000000303. The molecule has 2 aromatic carbocycles. The predicted molar refractivity (Wildman–Crippen MR) is 244 cm³/mol. The number of aliphatic carboxylic acids is 1. The summed E-state index contributed by atoms with van der Waals surface area (Å²) in [6.45, 7) is 8.52. The van der Waals surface area contributed by atoms with Gasteiger partial charge in [0.15, 0.2) is 22.3 Å². The number of aromatic amines is 2. The maximum atomic E-state index is 12.7. The number of aromatic nitrogens is 8. The second-order valence-corrected chi connectivity index (χ2v) is 15.9. The first-order valence-electron chi connectivity index (χ1n) is 20.3. The lowest BCUT2D eigenvalue weighted by atomic mass is 10.1. The number of nitrogens with one attached hydrogen (secondary N) is 3. The van der Waals surface area contributed by atoms with E-state index < -0.39 is 42.6 Å². The second-order valence-electron chi connectivity index (χ2n) is 13.8. The first-order chi connectivity index (χ1) is 31.0. The molecule has 6 aromatic rings. The van der Waals surface area contributed by atoms with Gasteiger partial charge >= 0.3 is 19.5 Å². The molecule has 0 bridgehead atoms. The van der Waals surface area contributed by atoms with Crippen LogP contribution in [0.4, 0.5) is 23.3 Å². The minimum atomic E-state index is -3.30. The number of rotatable bonds is 18. The number of carboxylic acids is 2. The van der Waals surface area contributed by atoms with Crippen LogP contribution >= 0.6 is 7.60 Å². The Morgan fingerprint density at radius 3 is 1.57 bits per heavy atom. The molecule has 0 fully saturated rings. The fourth-order valence-electron chi connectivity index (χ4n) is 6.04. The van der Waals surface area contributed by atoms with Gasteiger partial charge in [-0.05, 0) is 75.2 Å². The Hall–Kier alpha value is -7.36. The summed E-state index contributed by atoms with van der Waals surface area (Å²) in [5.74, 6) is -2.78. The van der Waals surface area contributed by atoms with Crippen molar-refractivity contribution < 1.29 is 38.2 Å². The zero-order chi connectivity index (χ0) is 47.8. The highest BCUT2D eigenvalue weighted by Crippen LogP contribution is 2.48. The zero-order valence-electron chi connectivity index (χ0n) is 36.6. The Bertz CT molecular complexity index is 2740. The third-order valence-corrected chi connectivity index (χ3v) is 11.2. The van der Waals surface area contributed by atoms with Crippen LogP contribution in [-0.4, -0.2) is 107 Å². The summed E-state index contributed by atoms with van der Waals surface area (Å²) in [7, 11) is 0.329. The Morgan fingerprint density at radius 2 is 1.17 bits per heavy atom. The largest absolute Gasteiger partial charge is 0.480 e. The number of anilines is 4. The van der Waals surface area contributed by atoms with Gasteiger partial charge < -0.3 is 45.8 Å². The zero-order valence-corrected chi connectivity index (χ0v) is 37.5. The lowest BCUT2D eigenvalue weighted by Gasteiger charge is -2.20. The number of H-pyrrole nitrogens is 2. The molecule has 0 unspecified atom stereocenters. The molecule has 24 heteroatoms. The lowest BCUT2D eigenvalue weighted by Crippen LogP contribution is -2.40. The molecule has 4 heterocycles. The molecule has 65 heavy (non-hydrogen) atoms. The van der Waals surface area contributed by atoms with E-state index in [9.17, 15) is 33.6 Å². The summed E-state index contributed by atoms with van der Waals surface area (Å²) in [5.41, 5.74) is 13.7. The molecule has 4 aromatic heterocycles. The average molecular weight is 918 g/mol. The Labute approximate surface area is 372 Å². The third-order valence-electron chi connectivity index (χ3n) is 9.08. The van der Waals surface area contributed by atoms with E-state index in [0.29, 0.717) is 24.5 Å². The van der Waals surface area contributed by atoms with Crippen molar-refractivity contribution in [3.63, 3.8) is 0 Å². The van der Waals surface area contributed by atoms with Crippen molar-refractivity contribution in [1.82, 2.24) is 45.2 Å². The summed E-state index contributed by atoms with van der Waals surface area (Å²) >= 11 is 0. The molecule has 346 valence electrons. The Morgan fingerprint density at radius 1 is 0.738 bits per heavy atom. The van der Waals surface area contributed by atoms with Crippen molar-refractivity contribution in [2.24, 2.45) is 0 Å². The number of benzene rings is 2. The maximum Gasteiger partial charge on any atom is 0.335 e. The van der Waals surface area contributed by atoms with E-state index in [1.807, 2.05) is 30.7 Å².